The topological polar surface area (TPSA) is 47.6 Å². The molecule has 1 fully saturated rings. The maximum absolute atomic E-state index is 11.5. The molecule has 1 saturated heterocycles. The summed E-state index contributed by atoms with van der Waals surface area (Å²) in [5.41, 5.74) is 0. The lowest BCUT2D eigenvalue weighted by Crippen LogP contribution is -2.33. The van der Waals surface area contributed by atoms with Gasteiger partial charge in [0.25, 0.3) is 6.29 Å². The summed E-state index contributed by atoms with van der Waals surface area (Å²) in [5, 5.41) is 2.68. The second-order valence-electron chi connectivity index (χ2n) is 2.05. The number of rotatable bonds is 2. The molecule has 58 valence electrons. The van der Waals surface area contributed by atoms with Crippen molar-refractivity contribution in [3.05, 3.63) is 0 Å². The first-order valence-corrected chi connectivity index (χ1v) is 2.92. The summed E-state index contributed by atoms with van der Waals surface area (Å²) in [6.45, 7) is 0. The van der Waals surface area contributed by atoms with Gasteiger partial charge in [-0.05, 0) is 11.6 Å². The largest absolute Gasteiger partial charge is 0.431 e. The standard InChI is InChI=1S/C5H8FNO3/c1-7-3-2-4(8)9-5(3)10-6/h3,5,7H,2H2,1H3. The van der Waals surface area contributed by atoms with E-state index < -0.39 is 12.3 Å². The van der Waals surface area contributed by atoms with E-state index in [1.165, 1.54) is 0 Å². The number of hydrogen-bond donors (Lipinski definition) is 1. The van der Waals surface area contributed by atoms with Gasteiger partial charge in [0, 0.05) is 0 Å². The van der Waals surface area contributed by atoms with E-state index in [1.807, 2.05) is 0 Å². The molecular formula is C5H8FNO3. The van der Waals surface area contributed by atoms with E-state index >= 15 is 0 Å². The molecule has 10 heavy (non-hydrogen) atoms. The fourth-order valence-electron chi connectivity index (χ4n) is 0.854. The molecule has 0 radical (unpaired) electrons. The number of carbonyl (C=O) groups excluding carboxylic acids is 1. The fourth-order valence-corrected chi connectivity index (χ4v) is 0.854. The van der Waals surface area contributed by atoms with Crippen molar-refractivity contribution in [3.8, 4) is 0 Å². The molecule has 2 unspecified atom stereocenters. The molecule has 0 amide bonds. The highest BCUT2D eigenvalue weighted by Gasteiger charge is 2.35. The Hall–Kier alpha value is -0.680. The van der Waals surface area contributed by atoms with E-state index in [4.69, 9.17) is 0 Å². The van der Waals surface area contributed by atoms with Crippen molar-refractivity contribution in [1.82, 2.24) is 5.32 Å². The number of hydrogen-bond acceptors (Lipinski definition) is 4. The normalized spacial score (nSPS) is 32.4. The molecule has 5 heteroatoms. The van der Waals surface area contributed by atoms with Crippen molar-refractivity contribution in [1.29, 1.82) is 0 Å². The molecule has 1 rings (SSSR count). The summed E-state index contributed by atoms with van der Waals surface area (Å²) in [6.07, 6.45) is -0.914. The van der Waals surface area contributed by atoms with Crippen molar-refractivity contribution >= 4 is 5.97 Å². The minimum atomic E-state index is -1.07. The maximum Gasteiger partial charge on any atom is 0.310 e. The predicted molar refractivity (Wildman–Crippen MR) is 29.5 cm³/mol. The van der Waals surface area contributed by atoms with Crippen LogP contribution in [-0.2, 0) is 14.5 Å². The van der Waals surface area contributed by atoms with Crippen LogP contribution in [-0.4, -0.2) is 25.3 Å². The minimum Gasteiger partial charge on any atom is -0.431 e. The Morgan fingerprint density at radius 2 is 2.60 bits per heavy atom. The van der Waals surface area contributed by atoms with E-state index in [-0.39, 0.29) is 12.5 Å². The van der Waals surface area contributed by atoms with Crippen LogP contribution in [0.3, 0.4) is 0 Å². The van der Waals surface area contributed by atoms with Crippen molar-refractivity contribution in [3.63, 3.8) is 0 Å². The molecular weight excluding hydrogens is 141 g/mol. The molecule has 0 spiro atoms. The van der Waals surface area contributed by atoms with Crippen LogP contribution in [0.15, 0.2) is 0 Å². The molecule has 1 aliphatic heterocycles. The number of likely N-dealkylation sites (N-methyl/N-ethyl adjacent to an activating group) is 1. The lowest BCUT2D eigenvalue weighted by molar-refractivity contribution is -0.259. The number of ether oxygens (including phenoxy) is 1. The zero-order valence-corrected chi connectivity index (χ0v) is 5.46. The van der Waals surface area contributed by atoms with E-state index in [0.717, 1.165) is 0 Å². The molecule has 0 aliphatic carbocycles. The van der Waals surface area contributed by atoms with Gasteiger partial charge in [-0.15, -0.1) is 4.94 Å². The van der Waals surface area contributed by atoms with E-state index in [0.29, 0.717) is 0 Å². The van der Waals surface area contributed by atoms with Gasteiger partial charge in [-0.1, -0.05) is 0 Å². The second-order valence-corrected chi connectivity index (χ2v) is 2.05. The van der Waals surface area contributed by atoms with Crippen LogP contribution >= 0.6 is 0 Å². The van der Waals surface area contributed by atoms with Gasteiger partial charge in [-0.2, -0.15) is 0 Å². The Labute approximate surface area is 57.2 Å². The predicted octanol–water partition coefficient (Wildman–Crippen LogP) is -0.252. The van der Waals surface area contributed by atoms with Gasteiger partial charge in [-0.25, -0.2) is 0 Å². The third kappa shape index (κ3) is 1.25. The smallest absolute Gasteiger partial charge is 0.310 e. The molecule has 0 aromatic carbocycles. The van der Waals surface area contributed by atoms with Gasteiger partial charge >= 0.3 is 5.97 Å². The van der Waals surface area contributed by atoms with Crippen LogP contribution in [0.4, 0.5) is 4.53 Å². The van der Waals surface area contributed by atoms with Gasteiger partial charge in [0.1, 0.15) is 0 Å². The highest BCUT2D eigenvalue weighted by molar-refractivity contribution is 5.72. The number of nitrogens with one attached hydrogen (secondary N) is 1. The lowest BCUT2D eigenvalue weighted by Gasteiger charge is -2.10. The van der Waals surface area contributed by atoms with Crippen LogP contribution in [0.1, 0.15) is 6.42 Å². The van der Waals surface area contributed by atoms with Crippen molar-refractivity contribution in [2.24, 2.45) is 0 Å². The quantitative estimate of drug-likeness (QED) is 0.550. The van der Waals surface area contributed by atoms with Crippen LogP contribution < -0.4 is 5.32 Å². The van der Waals surface area contributed by atoms with Crippen LogP contribution in [0.25, 0.3) is 0 Å². The number of halogens is 1. The van der Waals surface area contributed by atoms with Gasteiger partial charge in [0.05, 0.1) is 12.5 Å². The number of cyclic esters (lactones) is 1. The summed E-state index contributed by atoms with van der Waals surface area (Å²) in [7, 11) is 1.61. The first-order valence-electron chi connectivity index (χ1n) is 2.92. The van der Waals surface area contributed by atoms with E-state index in [2.05, 4.69) is 15.0 Å². The Kier molecular flexibility index (Phi) is 2.18. The van der Waals surface area contributed by atoms with Crippen molar-refractivity contribution in [2.45, 2.75) is 18.8 Å². The third-order valence-corrected chi connectivity index (χ3v) is 1.42. The molecule has 4 nitrogen and oxygen atoms in total. The number of carbonyl (C=O) groups is 1. The zero-order valence-electron chi connectivity index (χ0n) is 5.46. The molecule has 0 aromatic heterocycles. The average molecular weight is 149 g/mol. The van der Waals surface area contributed by atoms with E-state index in [9.17, 15) is 9.32 Å². The highest BCUT2D eigenvalue weighted by atomic mass is 19.3. The summed E-state index contributed by atoms with van der Waals surface area (Å²) < 4.78 is 15.9. The van der Waals surface area contributed by atoms with Gasteiger partial charge in [0.2, 0.25) is 0 Å². The fraction of sp³-hybridized carbons (Fsp3) is 0.800. The monoisotopic (exact) mass is 149 g/mol. The van der Waals surface area contributed by atoms with Crippen LogP contribution in [0.2, 0.25) is 0 Å². The van der Waals surface area contributed by atoms with Crippen molar-refractivity contribution < 1.29 is 19.0 Å². The van der Waals surface area contributed by atoms with Crippen molar-refractivity contribution in [2.75, 3.05) is 7.05 Å². The summed E-state index contributed by atoms with van der Waals surface area (Å²) in [4.78, 5) is 13.9. The Morgan fingerprint density at radius 3 is 3.00 bits per heavy atom. The molecule has 1 N–H and O–H groups in total. The minimum absolute atomic E-state index is 0.158. The van der Waals surface area contributed by atoms with E-state index in [1.54, 1.807) is 7.05 Å². The molecule has 0 saturated carbocycles. The lowest BCUT2D eigenvalue weighted by atomic mass is 10.2. The molecule has 0 bridgehead atoms. The Balaban J connectivity index is 2.48. The van der Waals surface area contributed by atoms with Crippen LogP contribution in [0, 0.1) is 0 Å². The van der Waals surface area contributed by atoms with Gasteiger partial charge in [0.15, 0.2) is 0 Å². The van der Waals surface area contributed by atoms with Gasteiger partial charge < -0.3 is 10.1 Å². The average Bonchev–Trinajstić information content (AvgIpc) is 2.30. The Bertz CT molecular complexity index is 127. The second kappa shape index (κ2) is 2.94. The van der Waals surface area contributed by atoms with Gasteiger partial charge in [-0.3, -0.25) is 4.79 Å². The molecule has 2 atom stereocenters. The summed E-state index contributed by atoms with van der Waals surface area (Å²) in [6, 6.07) is -0.363. The number of esters is 1. The highest BCUT2D eigenvalue weighted by Crippen LogP contribution is 2.15. The first kappa shape index (κ1) is 7.43. The summed E-state index contributed by atoms with van der Waals surface area (Å²) >= 11 is 0. The first-order chi connectivity index (χ1) is 4.77. The Morgan fingerprint density at radius 1 is 1.90 bits per heavy atom. The zero-order chi connectivity index (χ0) is 7.56. The van der Waals surface area contributed by atoms with Crippen LogP contribution in [0.5, 0.6) is 0 Å². The third-order valence-electron chi connectivity index (χ3n) is 1.42. The molecule has 1 heterocycles. The molecule has 1 aliphatic rings. The SMILES string of the molecule is CNC1CC(=O)OC1OF. The summed E-state index contributed by atoms with van der Waals surface area (Å²) in [5.74, 6) is -0.443. The molecule has 0 aromatic rings. The maximum atomic E-state index is 11.5.